The van der Waals surface area contributed by atoms with Crippen molar-refractivity contribution in [2.45, 2.75) is 25.9 Å². The minimum Gasteiger partial charge on any atom is -0.489 e. The van der Waals surface area contributed by atoms with E-state index in [2.05, 4.69) is 24.9 Å². The van der Waals surface area contributed by atoms with E-state index in [0.717, 1.165) is 6.54 Å². The molecule has 0 aromatic heterocycles. The predicted molar refractivity (Wildman–Crippen MR) is 71.5 cm³/mol. The SMILES string of the molecule is CC(Oc1ccccc1C#N)C1CCCN(C)C1. The summed E-state index contributed by atoms with van der Waals surface area (Å²) < 4.78 is 5.98. The van der Waals surface area contributed by atoms with Gasteiger partial charge in [0.05, 0.1) is 11.7 Å². The van der Waals surface area contributed by atoms with E-state index in [4.69, 9.17) is 10.00 Å². The normalized spacial score (nSPS) is 22.2. The van der Waals surface area contributed by atoms with Crippen LogP contribution in [0.15, 0.2) is 24.3 Å². The summed E-state index contributed by atoms with van der Waals surface area (Å²) in [6.07, 6.45) is 2.59. The van der Waals surface area contributed by atoms with Crippen molar-refractivity contribution >= 4 is 0 Å². The average molecular weight is 244 g/mol. The van der Waals surface area contributed by atoms with Gasteiger partial charge in [-0.25, -0.2) is 0 Å². The maximum Gasteiger partial charge on any atom is 0.137 e. The van der Waals surface area contributed by atoms with Crippen molar-refractivity contribution in [2.24, 2.45) is 5.92 Å². The molecule has 0 N–H and O–H groups in total. The van der Waals surface area contributed by atoms with E-state index in [-0.39, 0.29) is 6.10 Å². The highest BCUT2D eigenvalue weighted by Crippen LogP contribution is 2.24. The summed E-state index contributed by atoms with van der Waals surface area (Å²) >= 11 is 0. The maximum absolute atomic E-state index is 9.05. The maximum atomic E-state index is 9.05. The second-order valence-corrected chi connectivity index (χ2v) is 5.10. The molecular weight excluding hydrogens is 224 g/mol. The van der Waals surface area contributed by atoms with Crippen molar-refractivity contribution in [2.75, 3.05) is 20.1 Å². The number of nitriles is 1. The predicted octanol–water partition coefficient (Wildman–Crippen LogP) is 2.67. The van der Waals surface area contributed by atoms with Crippen LogP contribution in [0.3, 0.4) is 0 Å². The third-order valence-corrected chi connectivity index (χ3v) is 3.65. The highest BCUT2D eigenvalue weighted by atomic mass is 16.5. The molecule has 3 nitrogen and oxygen atoms in total. The fourth-order valence-corrected chi connectivity index (χ4v) is 2.55. The lowest BCUT2D eigenvalue weighted by molar-refractivity contribution is 0.0899. The smallest absolute Gasteiger partial charge is 0.137 e. The van der Waals surface area contributed by atoms with Crippen molar-refractivity contribution in [1.82, 2.24) is 4.90 Å². The number of likely N-dealkylation sites (tertiary alicyclic amines) is 1. The molecule has 1 saturated heterocycles. The lowest BCUT2D eigenvalue weighted by atomic mass is 9.93. The summed E-state index contributed by atoms with van der Waals surface area (Å²) in [5.74, 6) is 1.26. The Labute approximate surface area is 109 Å². The van der Waals surface area contributed by atoms with Crippen LogP contribution in [0.1, 0.15) is 25.3 Å². The molecule has 2 unspecified atom stereocenters. The van der Waals surface area contributed by atoms with Crippen molar-refractivity contribution in [3.63, 3.8) is 0 Å². The van der Waals surface area contributed by atoms with E-state index in [1.54, 1.807) is 6.07 Å². The molecule has 2 atom stereocenters. The molecule has 96 valence electrons. The molecule has 0 saturated carbocycles. The van der Waals surface area contributed by atoms with Crippen molar-refractivity contribution in [1.29, 1.82) is 5.26 Å². The molecule has 0 aliphatic carbocycles. The zero-order chi connectivity index (χ0) is 13.0. The second-order valence-electron chi connectivity index (χ2n) is 5.10. The molecule has 1 fully saturated rings. The van der Waals surface area contributed by atoms with Gasteiger partial charge in [-0.1, -0.05) is 12.1 Å². The van der Waals surface area contributed by atoms with Gasteiger partial charge < -0.3 is 9.64 Å². The molecule has 3 heteroatoms. The first-order chi connectivity index (χ1) is 8.70. The largest absolute Gasteiger partial charge is 0.489 e. The number of hydrogen-bond acceptors (Lipinski definition) is 3. The van der Waals surface area contributed by atoms with Crippen LogP contribution in [0.25, 0.3) is 0 Å². The van der Waals surface area contributed by atoms with Crippen LogP contribution in [0, 0.1) is 17.2 Å². The van der Waals surface area contributed by atoms with Crippen molar-refractivity contribution < 1.29 is 4.74 Å². The van der Waals surface area contributed by atoms with Gasteiger partial charge >= 0.3 is 0 Å². The van der Waals surface area contributed by atoms with Gasteiger partial charge in [-0.15, -0.1) is 0 Å². The van der Waals surface area contributed by atoms with E-state index in [9.17, 15) is 0 Å². The molecule has 0 spiro atoms. The Morgan fingerprint density at radius 3 is 2.94 bits per heavy atom. The molecule has 1 aromatic carbocycles. The molecular formula is C15H20N2O. The Morgan fingerprint density at radius 1 is 1.44 bits per heavy atom. The summed E-state index contributed by atoms with van der Waals surface area (Å²) in [5.41, 5.74) is 0.619. The number of ether oxygens (including phenoxy) is 1. The minimum atomic E-state index is 0.155. The van der Waals surface area contributed by atoms with E-state index in [1.807, 2.05) is 18.2 Å². The molecule has 2 rings (SSSR count). The molecule has 0 amide bonds. The number of rotatable bonds is 3. The van der Waals surface area contributed by atoms with E-state index >= 15 is 0 Å². The lowest BCUT2D eigenvalue weighted by Crippen LogP contribution is -2.39. The van der Waals surface area contributed by atoms with E-state index in [1.165, 1.54) is 19.4 Å². The summed E-state index contributed by atoms with van der Waals surface area (Å²) in [6.45, 7) is 4.37. The molecule has 18 heavy (non-hydrogen) atoms. The molecule has 1 aliphatic rings. The first kappa shape index (κ1) is 12.9. The van der Waals surface area contributed by atoms with Gasteiger partial charge in [-0.05, 0) is 45.5 Å². The number of piperidine rings is 1. The number of benzene rings is 1. The molecule has 0 radical (unpaired) electrons. The minimum absolute atomic E-state index is 0.155. The Hall–Kier alpha value is -1.53. The van der Waals surface area contributed by atoms with Crippen LogP contribution in [0.4, 0.5) is 0 Å². The van der Waals surface area contributed by atoms with Gasteiger partial charge in [0.25, 0.3) is 0 Å². The highest BCUT2D eigenvalue weighted by Gasteiger charge is 2.24. The van der Waals surface area contributed by atoms with Gasteiger partial charge in [0, 0.05) is 12.5 Å². The number of hydrogen-bond donors (Lipinski definition) is 0. The second kappa shape index (κ2) is 5.88. The summed E-state index contributed by atoms with van der Waals surface area (Å²) in [7, 11) is 2.15. The first-order valence-electron chi connectivity index (χ1n) is 6.55. The van der Waals surface area contributed by atoms with Crippen LogP contribution < -0.4 is 4.74 Å². The first-order valence-corrected chi connectivity index (χ1v) is 6.55. The van der Waals surface area contributed by atoms with Crippen LogP contribution in [-0.2, 0) is 0 Å². The quantitative estimate of drug-likeness (QED) is 0.820. The van der Waals surface area contributed by atoms with Crippen molar-refractivity contribution in [3.05, 3.63) is 29.8 Å². The average Bonchev–Trinajstić information content (AvgIpc) is 2.39. The van der Waals surface area contributed by atoms with Crippen LogP contribution >= 0.6 is 0 Å². The van der Waals surface area contributed by atoms with Crippen LogP contribution in [0.5, 0.6) is 5.75 Å². The van der Waals surface area contributed by atoms with Gasteiger partial charge in [0.15, 0.2) is 0 Å². The van der Waals surface area contributed by atoms with Crippen LogP contribution in [-0.4, -0.2) is 31.1 Å². The molecule has 0 bridgehead atoms. The Balaban J connectivity index is 2.02. The molecule has 1 heterocycles. The van der Waals surface area contributed by atoms with Gasteiger partial charge in [0.1, 0.15) is 11.8 Å². The fraction of sp³-hybridized carbons (Fsp3) is 0.533. The van der Waals surface area contributed by atoms with E-state index in [0.29, 0.717) is 17.2 Å². The topological polar surface area (TPSA) is 36.3 Å². The molecule has 1 aliphatic heterocycles. The highest BCUT2D eigenvalue weighted by molar-refractivity contribution is 5.42. The zero-order valence-electron chi connectivity index (χ0n) is 11.1. The third-order valence-electron chi connectivity index (χ3n) is 3.65. The zero-order valence-corrected chi connectivity index (χ0v) is 11.1. The van der Waals surface area contributed by atoms with Crippen LogP contribution in [0.2, 0.25) is 0 Å². The van der Waals surface area contributed by atoms with Gasteiger partial charge in [-0.2, -0.15) is 5.26 Å². The summed E-state index contributed by atoms with van der Waals surface area (Å²) in [5, 5.41) is 9.05. The van der Waals surface area contributed by atoms with Gasteiger partial charge in [-0.3, -0.25) is 0 Å². The fourth-order valence-electron chi connectivity index (χ4n) is 2.55. The standard InChI is InChI=1S/C15H20N2O/c1-12(14-7-5-9-17(2)11-14)18-15-8-4-3-6-13(15)10-16/h3-4,6,8,12,14H,5,7,9,11H2,1-2H3. The van der Waals surface area contributed by atoms with Gasteiger partial charge in [0.2, 0.25) is 0 Å². The monoisotopic (exact) mass is 244 g/mol. The number of para-hydroxylation sites is 1. The Morgan fingerprint density at radius 2 is 2.22 bits per heavy atom. The molecule has 1 aromatic rings. The lowest BCUT2D eigenvalue weighted by Gasteiger charge is -2.33. The number of nitrogens with zero attached hydrogens (tertiary/aromatic N) is 2. The summed E-state index contributed by atoms with van der Waals surface area (Å²) in [6, 6.07) is 9.63. The van der Waals surface area contributed by atoms with E-state index < -0.39 is 0 Å². The third kappa shape index (κ3) is 3.02. The summed E-state index contributed by atoms with van der Waals surface area (Å²) in [4.78, 5) is 2.35. The Bertz CT molecular complexity index is 438. The Kier molecular flexibility index (Phi) is 4.22. The van der Waals surface area contributed by atoms with Crippen molar-refractivity contribution in [3.8, 4) is 11.8 Å².